The monoisotopic (exact) mass is 206 g/mol. The van der Waals surface area contributed by atoms with Crippen LogP contribution in [0, 0.1) is 6.92 Å². The maximum Gasteiger partial charge on any atom is 0.148 e. The van der Waals surface area contributed by atoms with Gasteiger partial charge in [-0.05, 0) is 6.92 Å². The summed E-state index contributed by atoms with van der Waals surface area (Å²) in [5, 5.41) is 8.35. The van der Waals surface area contributed by atoms with Crippen LogP contribution in [0.4, 0.5) is 0 Å². The first kappa shape index (κ1) is 9.85. The summed E-state index contributed by atoms with van der Waals surface area (Å²) >= 11 is 0. The molecule has 0 unspecified atom stereocenters. The third-order valence-electron chi connectivity index (χ3n) is 2.38. The highest BCUT2D eigenvalue weighted by Crippen LogP contribution is 2.05. The molecule has 0 atom stereocenters. The molecule has 0 radical (unpaired) electrons. The van der Waals surface area contributed by atoms with Crippen LogP contribution in [-0.4, -0.2) is 24.5 Å². The van der Waals surface area contributed by atoms with E-state index in [-0.39, 0.29) is 0 Å². The number of nitrogens with two attached hydrogens (primary N) is 1. The standard InChI is InChI=1S/C9H14N6/c1-7-8(3-10)4-15(13-7)5-9-11-6-12-14(9)2/h4,6H,3,5,10H2,1-2H3. The van der Waals surface area contributed by atoms with Crippen LogP contribution in [0.1, 0.15) is 17.1 Å². The Morgan fingerprint density at radius 2 is 2.27 bits per heavy atom. The Balaban J connectivity index is 2.21. The van der Waals surface area contributed by atoms with Crippen molar-refractivity contribution in [2.45, 2.75) is 20.0 Å². The molecule has 80 valence electrons. The highest BCUT2D eigenvalue weighted by atomic mass is 15.4. The van der Waals surface area contributed by atoms with Crippen LogP contribution in [0.2, 0.25) is 0 Å². The minimum Gasteiger partial charge on any atom is -0.326 e. The molecule has 0 amide bonds. The lowest BCUT2D eigenvalue weighted by atomic mass is 10.3. The van der Waals surface area contributed by atoms with Crippen LogP contribution in [0.15, 0.2) is 12.5 Å². The molecule has 2 aromatic heterocycles. The lowest BCUT2D eigenvalue weighted by Crippen LogP contribution is -2.07. The van der Waals surface area contributed by atoms with Crippen molar-refractivity contribution in [3.8, 4) is 0 Å². The number of aryl methyl sites for hydroxylation is 2. The smallest absolute Gasteiger partial charge is 0.148 e. The number of aromatic nitrogens is 5. The molecule has 0 bridgehead atoms. The van der Waals surface area contributed by atoms with Crippen LogP contribution in [0.5, 0.6) is 0 Å². The van der Waals surface area contributed by atoms with Crippen molar-refractivity contribution in [1.29, 1.82) is 0 Å². The Bertz CT molecular complexity index is 455. The van der Waals surface area contributed by atoms with Crippen LogP contribution in [0.25, 0.3) is 0 Å². The maximum absolute atomic E-state index is 5.58. The number of hydrogen-bond acceptors (Lipinski definition) is 4. The van der Waals surface area contributed by atoms with Gasteiger partial charge in [-0.25, -0.2) is 4.98 Å². The van der Waals surface area contributed by atoms with Gasteiger partial charge in [-0.15, -0.1) is 0 Å². The summed E-state index contributed by atoms with van der Waals surface area (Å²) in [5.41, 5.74) is 7.62. The normalized spacial score (nSPS) is 10.9. The van der Waals surface area contributed by atoms with Gasteiger partial charge in [0.1, 0.15) is 18.7 Å². The van der Waals surface area contributed by atoms with E-state index in [0.29, 0.717) is 13.1 Å². The molecule has 0 saturated carbocycles. The zero-order valence-electron chi connectivity index (χ0n) is 8.88. The average molecular weight is 206 g/mol. The minimum atomic E-state index is 0.519. The van der Waals surface area contributed by atoms with Gasteiger partial charge < -0.3 is 5.73 Å². The summed E-state index contributed by atoms with van der Waals surface area (Å²) in [6.45, 7) is 3.09. The third kappa shape index (κ3) is 1.89. The molecule has 6 heteroatoms. The molecule has 2 N–H and O–H groups in total. The zero-order chi connectivity index (χ0) is 10.8. The average Bonchev–Trinajstić information content (AvgIpc) is 2.75. The quantitative estimate of drug-likeness (QED) is 0.756. The Labute approximate surface area is 87.7 Å². The SMILES string of the molecule is Cc1nn(Cc2ncnn2C)cc1CN. The van der Waals surface area contributed by atoms with Crippen molar-refractivity contribution in [3.63, 3.8) is 0 Å². The molecule has 15 heavy (non-hydrogen) atoms. The second-order valence-electron chi connectivity index (χ2n) is 3.44. The predicted molar refractivity (Wildman–Crippen MR) is 55.0 cm³/mol. The van der Waals surface area contributed by atoms with Crippen LogP contribution < -0.4 is 5.73 Å². The van der Waals surface area contributed by atoms with E-state index in [9.17, 15) is 0 Å². The van der Waals surface area contributed by atoms with Crippen molar-refractivity contribution in [2.75, 3.05) is 0 Å². The van der Waals surface area contributed by atoms with Crippen molar-refractivity contribution >= 4 is 0 Å². The Hall–Kier alpha value is -1.69. The van der Waals surface area contributed by atoms with Gasteiger partial charge in [-0.2, -0.15) is 10.2 Å². The van der Waals surface area contributed by atoms with Gasteiger partial charge in [0, 0.05) is 25.4 Å². The molecule has 0 aliphatic carbocycles. The molecule has 6 nitrogen and oxygen atoms in total. The van der Waals surface area contributed by atoms with Gasteiger partial charge in [-0.1, -0.05) is 0 Å². The highest BCUT2D eigenvalue weighted by Gasteiger charge is 2.06. The second kappa shape index (κ2) is 3.82. The molecular formula is C9H14N6. The van der Waals surface area contributed by atoms with Crippen molar-refractivity contribution in [2.24, 2.45) is 12.8 Å². The van der Waals surface area contributed by atoms with Gasteiger partial charge in [0.05, 0.1) is 5.69 Å². The van der Waals surface area contributed by atoms with Crippen LogP contribution in [-0.2, 0) is 20.1 Å². The first-order valence-corrected chi connectivity index (χ1v) is 4.76. The second-order valence-corrected chi connectivity index (χ2v) is 3.44. The highest BCUT2D eigenvalue weighted by molar-refractivity contribution is 5.15. The molecule has 0 aliphatic rings. The molecule has 0 saturated heterocycles. The van der Waals surface area contributed by atoms with E-state index in [1.807, 2.05) is 24.9 Å². The minimum absolute atomic E-state index is 0.519. The number of rotatable bonds is 3. The van der Waals surface area contributed by atoms with Gasteiger partial charge >= 0.3 is 0 Å². The van der Waals surface area contributed by atoms with Crippen LogP contribution >= 0.6 is 0 Å². The lowest BCUT2D eigenvalue weighted by Gasteiger charge is -1.99. The van der Waals surface area contributed by atoms with E-state index < -0.39 is 0 Å². The summed E-state index contributed by atoms with van der Waals surface area (Å²) in [4.78, 5) is 4.14. The molecule has 0 spiro atoms. The predicted octanol–water partition coefficient (Wildman–Crippen LogP) is -0.173. The Morgan fingerprint density at radius 3 is 2.80 bits per heavy atom. The lowest BCUT2D eigenvalue weighted by molar-refractivity contribution is 0.604. The van der Waals surface area contributed by atoms with Crippen molar-refractivity contribution in [3.05, 3.63) is 29.6 Å². The van der Waals surface area contributed by atoms with Gasteiger partial charge in [0.2, 0.25) is 0 Å². The van der Waals surface area contributed by atoms with Crippen molar-refractivity contribution < 1.29 is 0 Å². The largest absolute Gasteiger partial charge is 0.326 e. The fourth-order valence-corrected chi connectivity index (χ4v) is 1.45. The molecule has 0 aliphatic heterocycles. The van der Waals surface area contributed by atoms with Crippen molar-refractivity contribution in [1.82, 2.24) is 24.5 Å². The first-order chi connectivity index (χ1) is 7.20. The zero-order valence-corrected chi connectivity index (χ0v) is 8.88. The molecule has 0 fully saturated rings. The topological polar surface area (TPSA) is 74.5 Å². The third-order valence-corrected chi connectivity index (χ3v) is 2.38. The summed E-state index contributed by atoms with van der Waals surface area (Å²) in [7, 11) is 1.86. The van der Waals surface area contributed by atoms with E-state index in [2.05, 4.69) is 15.2 Å². The molecular weight excluding hydrogens is 192 g/mol. The van der Waals surface area contributed by atoms with E-state index in [0.717, 1.165) is 17.1 Å². The van der Waals surface area contributed by atoms with E-state index >= 15 is 0 Å². The summed E-state index contributed by atoms with van der Waals surface area (Å²) in [5.74, 6) is 0.876. The molecule has 2 aromatic rings. The number of nitrogens with zero attached hydrogens (tertiary/aromatic N) is 5. The van der Waals surface area contributed by atoms with Crippen LogP contribution in [0.3, 0.4) is 0 Å². The fraction of sp³-hybridized carbons (Fsp3) is 0.444. The summed E-state index contributed by atoms with van der Waals surface area (Å²) in [6.07, 6.45) is 3.49. The van der Waals surface area contributed by atoms with E-state index in [1.165, 1.54) is 6.33 Å². The molecule has 2 rings (SSSR count). The van der Waals surface area contributed by atoms with Gasteiger partial charge in [0.25, 0.3) is 0 Å². The Morgan fingerprint density at radius 1 is 1.47 bits per heavy atom. The van der Waals surface area contributed by atoms with E-state index in [1.54, 1.807) is 4.68 Å². The molecule has 0 aromatic carbocycles. The van der Waals surface area contributed by atoms with Gasteiger partial charge in [0.15, 0.2) is 0 Å². The first-order valence-electron chi connectivity index (χ1n) is 4.76. The van der Waals surface area contributed by atoms with Gasteiger partial charge in [-0.3, -0.25) is 9.36 Å². The summed E-state index contributed by atoms with van der Waals surface area (Å²) in [6, 6.07) is 0. The number of hydrogen-bond donors (Lipinski definition) is 1. The fourth-order valence-electron chi connectivity index (χ4n) is 1.45. The molecule has 2 heterocycles. The maximum atomic E-state index is 5.58. The summed E-state index contributed by atoms with van der Waals surface area (Å²) < 4.78 is 3.57. The Kier molecular flexibility index (Phi) is 2.51. The van der Waals surface area contributed by atoms with E-state index in [4.69, 9.17) is 5.73 Å².